The third-order valence-corrected chi connectivity index (χ3v) is 4.59. The molecule has 3 rings (SSSR count). The molecule has 0 saturated heterocycles. The summed E-state index contributed by atoms with van der Waals surface area (Å²) >= 11 is 0. The topological polar surface area (TPSA) is 112 Å². The molecule has 8 heteroatoms. The lowest BCUT2D eigenvalue weighted by Gasteiger charge is -2.34. The lowest BCUT2D eigenvalue weighted by atomic mass is 9.81. The predicted molar refractivity (Wildman–Crippen MR) is 94.1 cm³/mol. The van der Waals surface area contributed by atoms with Crippen molar-refractivity contribution in [3.63, 3.8) is 0 Å². The molecule has 1 amide bonds. The average molecular weight is 344 g/mol. The number of hydrogen-bond acceptors (Lipinski definition) is 6. The highest BCUT2D eigenvalue weighted by Crippen LogP contribution is 2.35. The van der Waals surface area contributed by atoms with E-state index < -0.39 is 5.54 Å². The average Bonchev–Trinajstić information content (AvgIpc) is 3.20. The van der Waals surface area contributed by atoms with Crippen molar-refractivity contribution in [2.75, 3.05) is 5.73 Å². The quantitative estimate of drug-likeness (QED) is 0.861. The molecule has 0 atom stereocenters. The first-order valence-corrected chi connectivity index (χ1v) is 8.66. The molecule has 134 valence electrons. The maximum atomic E-state index is 11.7. The summed E-state index contributed by atoms with van der Waals surface area (Å²) in [6, 6.07) is 0. The molecule has 3 N–H and O–H groups in total. The van der Waals surface area contributed by atoms with Crippen molar-refractivity contribution >= 4 is 23.7 Å². The molecule has 1 saturated carbocycles. The summed E-state index contributed by atoms with van der Waals surface area (Å²) in [5, 5.41) is 11.4. The Bertz CT molecular complexity index is 770. The number of nitrogens with two attached hydrogens (primary N) is 1. The van der Waals surface area contributed by atoms with E-state index in [2.05, 4.69) is 20.6 Å². The molecule has 2 heterocycles. The molecule has 0 bridgehead atoms. The van der Waals surface area contributed by atoms with E-state index in [-0.39, 0.29) is 5.91 Å². The normalized spacial score (nSPS) is 17.0. The summed E-state index contributed by atoms with van der Waals surface area (Å²) in [5.74, 6) is 0.844. The summed E-state index contributed by atoms with van der Waals surface area (Å²) in [5.41, 5.74) is 6.81. The summed E-state index contributed by atoms with van der Waals surface area (Å²) in [4.78, 5) is 16.1. The van der Waals surface area contributed by atoms with E-state index in [1.54, 1.807) is 17.0 Å². The first-order chi connectivity index (χ1) is 12.0. The first kappa shape index (κ1) is 17.2. The van der Waals surface area contributed by atoms with E-state index in [0.29, 0.717) is 17.4 Å². The molecule has 1 fully saturated rings. The fraction of sp³-hybridized carbons (Fsp3) is 0.529. The minimum atomic E-state index is -0.524. The molecule has 2 aromatic rings. The highest BCUT2D eigenvalue weighted by atomic mass is 16.5. The minimum absolute atomic E-state index is 0.0802. The maximum absolute atomic E-state index is 11.7. The van der Waals surface area contributed by atoms with Crippen LogP contribution in [0.5, 0.6) is 0 Å². The van der Waals surface area contributed by atoms with Gasteiger partial charge in [0, 0.05) is 19.5 Å². The van der Waals surface area contributed by atoms with Gasteiger partial charge in [0.1, 0.15) is 5.54 Å². The second-order valence-corrected chi connectivity index (χ2v) is 6.41. The van der Waals surface area contributed by atoms with Crippen LogP contribution in [0, 0.1) is 0 Å². The fourth-order valence-electron chi connectivity index (χ4n) is 3.39. The second kappa shape index (κ2) is 7.08. The number of nitrogens with one attached hydrogen (secondary N) is 1. The smallest absolute Gasteiger partial charge is 0.250 e. The van der Waals surface area contributed by atoms with Crippen molar-refractivity contribution in [2.45, 2.75) is 58.0 Å². The van der Waals surface area contributed by atoms with E-state index in [0.717, 1.165) is 44.3 Å². The number of carbonyl (C=O) groups is 1. The Morgan fingerprint density at radius 2 is 2.16 bits per heavy atom. The minimum Gasteiger partial charge on any atom is -0.396 e. The molecule has 0 unspecified atom stereocenters. The van der Waals surface area contributed by atoms with Crippen LogP contribution in [-0.4, -0.2) is 25.8 Å². The molecule has 8 nitrogen and oxygen atoms in total. The zero-order valence-electron chi connectivity index (χ0n) is 14.7. The van der Waals surface area contributed by atoms with Crippen molar-refractivity contribution < 1.29 is 9.32 Å². The van der Waals surface area contributed by atoms with Crippen LogP contribution in [0.4, 0.5) is 5.69 Å². The van der Waals surface area contributed by atoms with Gasteiger partial charge in [-0.3, -0.25) is 9.48 Å². The number of carbonyl (C=O) groups excluding carboxylic acids is 1. The highest BCUT2D eigenvalue weighted by molar-refractivity contribution is 5.74. The van der Waals surface area contributed by atoms with Crippen LogP contribution < -0.4 is 11.1 Å². The molecule has 25 heavy (non-hydrogen) atoms. The number of aryl methyl sites for hydroxylation is 1. The van der Waals surface area contributed by atoms with Crippen LogP contribution >= 0.6 is 0 Å². The number of anilines is 1. The summed E-state index contributed by atoms with van der Waals surface area (Å²) < 4.78 is 7.16. The largest absolute Gasteiger partial charge is 0.396 e. The molecule has 0 spiro atoms. The van der Waals surface area contributed by atoms with Crippen LogP contribution in [-0.2, 0) is 16.9 Å². The molecule has 1 aliphatic rings. The highest BCUT2D eigenvalue weighted by Gasteiger charge is 2.39. The lowest BCUT2D eigenvalue weighted by molar-refractivity contribution is -0.121. The van der Waals surface area contributed by atoms with Crippen LogP contribution in [0.2, 0.25) is 0 Å². The van der Waals surface area contributed by atoms with E-state index in [1.165, 1.54) is 6.92 Å². The van der Waals surface area contributed by atoms with E-state index >= 15 is 0 Å². The third-order valence-electron chi connectivity index (χ3n) is 4.59. The molecule has 0 aromatic carbocycles. The van der Waals surface area contributed by atoms with Gasteiger partial charge in [-0.25, -0.2) is 0 Å². The Labute approximate surface area is 146 Å². The van der Waals surface area contributed by atoms with Crippen molar-refractivity contribution in [3.8, 4) is 0 Å². The van der Waals surface area contributed by atoms with E-state index in [4.69, 9.17) is 10.3 Å². The fourth-order valence-corrected chi connectivity index (χ4v) is 3.39. The molecular weight excluding hydrogens is 320 g/mol. The molecular formula is C17H24N6O2. The molecule has 2 aromatic heterocycles. The Balaban J connectivity index is 1.84. The zero-order chi connectivity index (χ0) is 17.9. The van der Waals surface area contributed by atoms with Gasteiger partial charge in [0.15, 0.2) is 5.82 Å². The predicted octanol–water partition coefficient (Wildman–Crippen LogP) is 2.33. The summed E-state index contributed by atoms with van der Waals surface area (Å²) in [6.45, 7) is 4.23. The third kappa shape index (κ3) is 3.57. The standard InChI is InChI=1S/C17H24N6O2/c1-3-23-14(13(18)11-19-23)7-8-15-20-16(22-25-15)17(21-12(2)24)9-5-4-6-10-17/h7-8,11H,3-6,9-10,18H2,1-2H3,(H,21,24)/b8-7+. The molecule has 1 aliphatic carbocycles. The number of rotatable bonds is 5. The second-order valence-electron chi connectivity index (χ2n) is 6.41. The van der Waals surface area contributed by atoms with Crippen LogP contribution in [0.1, 0.15) is 63.4 Å². The number of nitrogen functional groups attached to an aromatic ring is 1. The van der Waals surface area contributed by atoms with Crippen molar-refractivity contribution in [2.24, 2.45) is 0 Å². The van der Waals surface area contributed by atoms with Gasteiger partial charge in [0.25, 0.3) is 5.89 Å². The van der Waals surface area contributed by atoms with Crippen molar-refractivity contribution in [1.82, 2.24) is 25.2 Å². The Hall–Kier alpha value is -2.64. The Kier molecular flexibility index (Phi) is 4.87. The van der Waals surface area contributed by atoms with Gasteiger partial charge in [-0.05, 0) is 25.8 Å². The number of amides is 1. The van der Waals surface area contributed by atoms with Crippen molar-refractivity contribution in [3.05, 3.63) is 23.6 Å². The van der Waals surface area contributed by atoms with Gasteiger partial charge in [-0.1, -0.05) is 24.4 Å². The monoisotopic (exact) mass is 344 g/mol. The number of aromatic nitrogens is 4. The first-order valence-electron chi connectivity index (χ1n) is 8.66. The van der Waals surface area contributed by atoms with Gasteiger partial charge < -0.3 is 15.6 Å². The Morgan fingerprint density at radius 3 is 2.84 bits per heavy atom. The van der Waals surface area contributed by atoms with Gasteiger partial charge in [-0.15, -0.1) is 0 Å². The van der Waals surface area contributed by atoms with Gasteiger partial charge in [0.2, 0.25) is 5.91 Å². The maximum Gasteiger partial charge on any atom is 0.250 e. The number of nitrogens with zero attached hydrogens (tertiary/aromatic N) is 4. The molecule has 0 aliphatic heterocycles. The van der Waals surface area contributed by atoms with Crippen LogP contribution in [0.3, 0.4) is 0 Å². The van der Waals surface area contributed by atoms with Crippen molar-refractivity contribution in [1.29, 1.82) is 0 Å². The van der Waals surface area contributed by atoms with Gasteiger partial charge in [0.05, 0.1) is 17.6 Å². The van der Waals surface area contributed by atoms with Crippen LogP contribution in [0.15, 0.2) is 10.7 Å². The molecule has 0 radical (unpaired) electrons. The lowest BCUT2D eigenvalue weighted by Crippen LogP contribution is -2.47. The Morgan fingerprint density at radius 1 is 1.40 bits per heavy atom. The summed E-state index contributed by atoms with van der Waals surface area (Å²) in [7, 11) is 0. The van der Waals surface area contributed by atoms with Crippen LogP contribution in [0.25, 0.3) is 12.2 Å². The van der Waals surface area contributed by atoms with E-state index in [9.17, 15) is 4.79 Å². The number of hydrogen-bond donors (Lipinski definition) is 2. The van der Waals surface area contributed by atoms with Gasteiger partial charge in [-0.2, -0.15) is 10.1 Å². The van der Waals surface area contributed by atoms with Gasteiger partial charge >= 0.3 is 0 Å². The van der Waals surface area contributed by atoms with E-state index in [1.807, 2.05) is 13.0 Å². The zero-order valence-corrected chi connectivity index (χ0v) is 14.7. The summed E-state index contributed by atoms with van der Waals surface area (Å²) in [6.07, 6.45) is 10.0. The SMILES string of the molecule is CCn1ncc(N)c1/C=C/c1nc(C2(NC(C)=O)CCCCC2)no1.